The molecule has 1 saturated heterocycles. The first kappa shape index (κ1) is 13.9. The largest absolute Gasteiger partial charge is 0.336 e. The third-order valence-electron chi connectivity index (χ3n) is 3.68. The molecule has 104 valence electrons. The Hall–Kier alpha value is -1.49. The van der Waals surface area contributed by atoms with E-state index in [2.05, 4.69) is 15.5 Å². The lowest BCUT2D eigenvalue weighted by Gasteiger charge is -2.34. The molecule has 0 radical (unpaired) electrons. The molecule has 19 heavy (non-hydrogen) atoms. The summed E-state index contributed by atoms with van der Waals surface area (Å²) in [7, 11) is 0. The van der Waals surface area contributed by atoms with E-state index in [4.69, 9.17) is 0 Å². The molecule has 1 amide bonds. The molecule has 2 rings (SSSR count). The topological polar surface area (TPSA) is 58.1 Å². The van der Waals surface area contributed by atoms with Crippen LogP contribution in [0.25, 0.3) is 0 Å². The average molecular weight is 262 g/mol. The molecule has 1 aromatic rings. The normalized spacial score (nSPS) is 16.4. The maximum absolute atomic E-state index is 12.7. The number of nitrogens with zero attached hydrogens (tertiary/aromatic N) is 3. The molecule has 0 unspecified atom stereocenters. The summed E-state index contributed by atoms with van der Waals surface area (Å²) in [5, 5.41) is 11.4. The maximum atomic E-state index is 12.7. The summed E-state index contributed by atoms with van der Waals surface area (Å²) in [6.07, 6.45) is 2.05. The van der Waals surface area contributed by atoms with Gasteiger partial charge in [-0.25, -0.2) is 0 Å². The molecule has 0 aliphatic carbocycles. The zero-order chi connectivity index (χ0) is 13.8. The van der Waals surface area contributed by atoms with Crippen LogP contribution in [0.3, 0.4) is 0 Å². The average Bonchev–Trinajstić information content (AvgIpc) is 2.43. The predicted octanol–water partition coefficient (Wildman–Crippen LogP) is 1.31. The van der Waals surface area contributed by atoms with E-state index in [0.29, 0.717) is 17.3 Å². The molecule has 0 saturated carbocycles. The summed E-state index contributed by atoms with van der Waals surface area (Å²) in [6, 6.07) is 2.18. The van der Waals surface area contributed by atoms with Crippen LogP contribution in [0.1, 0.15) is 41.5 Å². The number of piperidine rings is 1. The highest BCUT2D eigenvalue weighted by Crippen LogP contribution is 2.17. The lowest BCUT2D eigenvalue weighted by atomic mass is 10.0. The van der Waals surface area contributed by atoms with E-state index in [0.717, 1.165) is 38.2 Å². The minimum absolute atomic E-state index is 0.0879. The molecule has 0 spiro atoms. The van der Waals surface area contributed by atoms with Crippen LogP contribution in [-0.2, 0) is 0 Å². The van der Waals surface area contributed by atoms with Crippen LogP contribution in [0.15, 0.2) is 6.07 Å². The molecule has 1 aromatic heterocycles. The van der Waals surface area contributed by atoms with Gasteiger partial charge < -0.3 is 10.2 Å². The van der Waals surface area contributed by atoms with Crippen molar-refractivity contribution in [3.8, 4) is 0 Å². The number of carbonyl (C=O) groups is 1. The zero-order valence-corrected chi connectivity index (χ0v) is 11.9. The summed E-state index contributed by atoms with van der Waals surface area (Å²) in [5.41, 5.74) is 2.19. The van der Waals surface area contributed by atoms with Gasteiger partial charge in [-0.2, -0.15) is 10.2 Å². The highest BCUT2D eigenvalue weighted by molar-refractivity contribution is 5.95. The van der Waals surface area contributed by atoms with Gasteiger partial charge >= 0.3 is 0 Å². The van der Waals surface area contributed by atoms with Crippen molar-refractivity contribution in [3.63, 3.8) is 0 Å². The van der Waals surface area contributed by atoms with E-state index < -0.39 is 0 Å². The van der Waals surface area contributed by atoms with Crippen LogP contribution >= 0.6 is 0 Å². The van der Waals surface area contributed by atoms with Crippen LogP contribution in [-0.4, -0.2) is 46.7 Å². The fourth-order valence-electron chi connectivity index (χ4n) is 2.61. The highest BCUT2D eigenvalue weighted by Gasteiger charge is 2.26. The Morgan fingerprint density at radius 2 is 2.05 bits per heavy atom. The Kier molecular flexibility index (Phi) is 4.47. The van der Waals surface area contributed by atoms with Crippen molar-refractivity contribution in [2.75, 3.05) is 19.6 Å². The molecule has 1 fully saturated rings. The van der Waals surface area contributed by atoms with Crippen molar-refractivity contribution in [3.05, 3.63) is 23.0 Å². The van der Waals surface area contributed by atoms with E-state index in [1.54, 1.807) is 0 Å². The predicted molar refractivity (Wildman–Crippen MR) is 74.1 cm³/mol. The smallest absolute Gasteiger partial charge is 0.256 e. The second-order valence-corrected chi connectivity index (χ2v) is 5.06. The van der Waals surface area contributed by atoms with Crippen molar-refractivity contribution in [2.45, 2.75) is 39.7 Å². The lowest BCUT2D eigenvalue weighted by molar-refractivity contribution is 0.0654. The van der Waals surface area contributed by atoms with Gasteiger partial charge in [-0.3, -0.25) is 4.79 Å². The number of rotatable bonds is 3. The Morgan fingerprint density at radius 3 is 2.68 bits per heavy atom. The Balaban J connectivity index is 2.22. The molecule has 5 heteroatoms. The fourth-order valence-corrected chi connectivity index (χ4v) is 2.61. The molecule has 0 aromatic carbocycles. The summed E-state index contributed by atoms with van der Waals surface area (Å²) in [4.78, 5) is 14.7. The number of hydrogen-bond donors (Lipinski definition) is 1. The molecule has 1 N–H and O–H groups in total. The maximum Gasteiger partial charge on any atom is 0.256 e. The van der Waals surface area contributed by atoms with E-state index in [-0.39, 0.29) is 5.91 Å². The molecule has 2 heterocycles. The van der Waals surface area contributed by atoms with Gasteiger partial charge in [0.1, 0.15) is 0 Å². The Bertz CT molecular complexity index is 455. The van der Waals surface area contributed by atoms with Crippen LogP contribution in [0.5, 0.6) is 0 Å². The number of aromatic nitrogens is 2. The third-order valence-corrected chi connectivity index (χ3v) is 3.68. The molecular weight excluding hydrogens is 240 g/mol. The van der Waals surface area contributed by atoms with Crippen LogP contribution in [0.2, 0.25) is 0 Å². The first-order chi connectivity index (χ1) is 9.13. The van der Waals surface area contributed by atoms with Gasteiger partial charge in [0.2, 0.25) is 0 Å². The summed E-state index contributed by atoms with van der Waals surface area (Å²) >= 11 is 0. The first-order valence-electron chi connectivity index (χ1n) is 6.96. The number of amides is 1. The van der Waals surface area contributed by atoms with Crippen LogP contribution < -0.4 is 5.32 Å². The molecule has 1 aliphatic rings. The minimum atomic E-state index is 0.0879. The van der Waals surface area contributed by atoms with Crippen molar-refractivity contribution in [1.29, 1.82) is 0 Å². The second-order valence-electron chi connectivity index (χ2n) is 5.06. The standard InChI is InChI=1S/C14H22N4O/c1-4-18(12-5-7-15-8-6-12)14(19)13-9-10(2)16-17-11(13)3/h9,12,15H,4-8H2,1-3H3. The van der Waals surface area contributed by atoms with Crippen LogP contribution in [0.4, 0.5) is 0 Å². The van der Waals surface area contributed by atoms with Gasteiger partial charge in [-0.15, -0.1) is 0 Å². The van der Waals surface area contributed by atoms with E-state index >= 15 is 0 Å². The van der Waals surface area contributed by atoms with Gasteiger partial charge in [0.15, 0.2) is 0 Å². The molecular formula is C14H22N4O. The zero-order valence-electron chi connectivity index (χ0n) is 11.9. The lowest BCUT2D eigenvalue weighted by Crippen LogP contribution is -2.46. The SMILES string of the molecule is CCN(C(=O)c1cc(C)nnc1C)C1CCNCC1. The van der Waals surface area contributed by atoms with Gasteiger partial charge in [-0.1, -0.05) is 0 Å². The Morgan fingerprint density at radius 1 is 1.37 bits per heavy atom. The second kappa shape index (κ2) is 6.10. The van der Waals surface area contributed by atoms with Crippen molar-refractivity contribution in [2.24, 2.45) is 0 Å². The van der Waals surface area contributed by atoms with Gasteiger partial charge in [0.05, 0.1) is 17.0 Å². The summed E-state index contributed by atoms with van der Waals surface area (Å²) in [5.74, 6) is 0.0879. The van der Waals surface area contributed by atoms with Crippen LogP contribution in [0, 0.1) is 13.8 Å². The van der Waals surface area contributed by atoms with Crippen molar-refractivity contribution in [1.82, 2.24) is 20.4 Å². The van der Waals surface area contributed by atoms with E-state index in [1.807, 2.05) is 31.7 Å². The first-order valence-corrected chi connectivity index (χ1v) is 6.96. The minimum Gasteiger partial charge on any atom is -0.336 e. The molecule has 0 bridgehead atoms. The molecule has 0 atom stereocenters. The number of carbonyl (C=O) groups excluding carboxylic acids is 1. The monoisotopic (exact) mass is 262 g/mol. The number of aryl methyl sites for hydroxylation is 2. The number of nitrogens with one attached hydrogen (secondary N) is 1. The van der Waals surface area contributed by atoms with Crippen molar-refractivity contribution >= 4 is 5.91 Å². The summed E-state index contributed by atoms with van der Waals surface area (Å²) in [6.45, 7) is 8.46. The van der Waals surface area contributed by atoms with Crippen molar-refractivity contribution < 1.29 is 4.79 Å². The third kappa shape index (κ3) is 3.10. The quantitative estimate of drug-likeness (QED) is 0.892. The van der Waals surface area contributed by atoms with Gasteiger partial charge in [0.25, 0.3) is 5.91 Å². The van der Waals surface area contributed by atoms with Gasteiger partial charge in [-0.05, 0) is 52.8 Å². The van der Waals surface area contributed by atoms with E-state index in [1.165, 1.54) is 0 Å². The molecule has 5 nitrogen and oxygen atoms in total. The molecule has 1 aliphatic heterocycles. The Labute approximate surface area is 114 Å². The van der Waals surface area contributed by atoms with E-state index in [9.17, 15) is 4.79 Å². The van der Waals surface area contributed by atoms with Gasteiger partial charge in [0, 0.05) is 12.6 Å². The highest BCUT2D eigenvalue weighted by atomic mass is 16.2. The fraction of sp³-hybridized carbons (Fsp3) is 0.643. The summed E-state index contributed by atoms with van der Waals surface area (Å²) < 4.78 is 0. The number of hydrogen-bond acceptors (Lipinski definition) is 4.